The first-order valence-corrected chi connectivity index (χ1v) is 3.01. The molecule has 0 aromatic heterocycles. The Bertz CT molecular complexity index is 93.1. The summed E-state index contributed by atoms with van der Waals surface area (Å²) >= 11 is 0. The smallest absolute Gasteiger partial charge is 0.146 e. The number of rotatable bonds is 4. The van der Waals surface area contributed by atoms with Gasteiger partial charge in [-0.2, -0.15) is 0 Å². The number of nitrogens with one attached hydrogen (secondary N) is 1. The van der Waals surface area contributed by atoms with Crippen molar-refractivity contribution in [1.82, 2.24) is 5.32 Å². The van der Waals surface area contributed by atoms with Crippen molar-refractivity contribution in [3.05, 3.63) is 0 Å². The molecule has 0 aliphatic rings. The molecule has 0 aliphatic heterocycles. The van der Waals surface area contributed by atoms with Gasteiger partial charge in [0.25, 0.3) is 0 Å². The van der Waals surface area contributed by atoms with Crippen LogP contribution in [0.4, 0.5) is 0 Å². The molecule has 0 aromatic carbocycles. The van der Waals surface area contributed by atoms with Crippen LogP contribution < -0.4 is 5.32 Å². The van der Waals surface area contributed by atoms with Gasteiger partial charge in [0.2, 0.25) is 0 Å². The second-order valence-corrected chi connectivity index (χ2v) is 1.96. The molecule has 9 heavy (non-hydrogen) atoms. The molecule has 0 aromatic rings. The van der Waals surface area contributed by atoms with Crippen molar-refractivity contribution >= 4 is 5.78 Å². The Morgan fingerprint density at radius 1 is 1.78 bits per heavy atom. The lowest BCUT2D eigenvalue weighted by Gasteiger charge is -2.08. The highest BCUT2D eigenvalue weighted by Gasteiger charge is 2.08. The fourth-order valence-corrected chi connectivity index (χ4v) is 0.680. The zero-order chi connectivity index (χ0) is 7.28. The number of hydrogen-bond acceptors (Lipinski definition) is 3. The van der Waals surface area contributed by atoms with Crippen molar-refractivity contribution in [2.45, 2.75) is 19.4 Å². The molecule has 0 bridgehead atoms. The van der Waals surface area contributed by atoms with Gasteiger partial charge in [0, 0.05) is 6.61 Å². The van der Waals surface area contributed by atoms with Crippen molar-refractivity contribution in [3.8, 4) is 0 Å². The Morgan fingerprint density at radius 2 is 2.33 bits per heavy atom. The maximum atomic E-state index is 10.6. The van der Waals surface area contributed by atoms with Crippen molar-refractivity contribution in [1.29, 1.82) is 0 Å². The predicted octanol–water partition coefficient (Wildman–Crippen LogP) is -0.454. The zero-order valence-corrected chi connectivity index (χ0v) is 5.85. The van der Waals surface area contributed by atoms with E-state index in [1.54, 1.807) is 7.05 Å². The van der Waals surface area contributed by atoms with Crippen LogP contribution in [0.2, 0.25) is 0 Å². The number of carbonyl (C=O) groups is 1. The van der Waals surface area contributed by atoms with Gasteiger partial charge in [-0.05, 0) is 20.4 Å². The number of aliphatic hydroxyl groups excluding tert-OH is 1. The van der Waals surface area contributed by atoms with Gasteiger partial charge in [-0.15, -0.1) is 0 Å². The lowest BCUT2D eigenvalue weighted by atomic mass is 10.1. The summed E-state index contributed by atoms with van der Waals surface area (Å²) in [4.78, 5) is 10.6. The standard InChI is InChI=1S/C6H13NO2/c1-5(9)6(7-2)3-4-8/h6-8H,3-4H2,1-2H3. The third-order valence-electron chi connectivity index (χ3n) is 1.26. The zero-order valence-electron chi connectivity index (χ0n) is 5.85. The fourth-order valence-electron chi connectivity index (χ4n) is 0.680. The molecule has 0 saturated heterocycles. The molecule has 2 N–H and O–H groups in total. The van der Waals surface area contributed by atoms with Crippen LogP contribution in [0.1, 0.15) is 13.3 Å². The fraction of sp³-hybridized carbons (Fsp3) is 0.833. The van der Waals surface area contributed by atoms with Crippen LogP contribution in [0.15, 0.2) is 0 Å². The molecule has 0 radical (unpaired) electrons. The van der Waals surface area contributed by atoms with Crippen molar-refractivity contribution in [2.75, 3.05) is 13.7 Å². The van der Waals surface area contributed by atoms with E-state index in [1.807, 2.05) is 0 Å². The van der Waals surface area contributed by atoms with Gasteiger partial charge in [0.15, 0.2) is 0 Å². The Balaban J connectivity index is 3.54. The summed E-state index contributed by atoms with van der Waals surface area (Å²) in [5, 5.41) is 11.2. The van der Waals surface area contributed by atoms with Crippen molar-refractivity contribution < 1.29 is 9.90 Å². The molecule has 0 fully saturated rings. The van der Waals surface area contributed by atoms with E-state index in [2.05, 4.69) is 5.32 Å². The first-order valence-electron chi connectivity index (χ1n) is 3.01. The second kappa shape index (κ2) is 4.47. The predicted molar refractivity (Wildman–Crippen MR) is 35.2 cm³/mol. The van der Waals surface area contributed by atoms with Crippen LogP contribution in [0.3, 0.4) is 0 Å². The molecule has 1 unspecified atom stereocenters. The third kappa shape index (κ3) is 3.21. The number of ketones is 1. The Kier molecular flexibility index (Phi) is 4.26. The first-order chi connectivity index (χ1) is 4.22. The van der Waals surface area contributed by atoms with E-state index in [9.17, 15) is 4.79 Å². The molecule has 0 heterocycles. The van der Waals surface area contributed by atoms with Gasteiger partial charge in [-0.1, -0.05) is 0 Å². The summed E-state index contributed by atoms with van der Waals surface area (Å²) in [7, 11) is 1.71. The van der Waals surface area contributed by atoms with E-state index in [4.69, 9.17) is 5.11 Å². The molecule has 54 valence electrons. The van der Waals surface area contributed by atoms with Crippen LogP contribution in [0.25, 0.3) is 0 Å². The summed E-state index contributed by atoms with van der Waals surface area (Å²) in [5.74, 6) is 0.0755. The van der Waals surface area contributed by atoms with Crippen LogP contribution in [-0.4, -0.2) is 30.6 Å². The minimum absolute atomic E-state index is 0.0606. The molecule has 0 rings (SSSR count). The molecular formula is C6H13NO2. The SMILES string of the molecule is CNC(CCO)C(C)=O. The number of likely N-dealkylation sites (N-methyl/N-ethyl adjacent to an activating group) is 1. The first kappa shape index (κ1) is 8.59. The van der Waals surface area contributed by atoms with E-state index < -0.39 is 0 Å². The third-order valence-corrected chi connectivity index (χ3v) is 1.26. The number of Topliss-reactive ketones (excluding diaryl/α,β-unsaturated/α-hetero) is 1. The monoisotopic (exact) mass is 131 g/mol. The van der Waals surface area contributed by atoms with Crippen LogP contribution in [0.5, 0.6) is 0 Å². The van der Waals surface area contributed by atoms with Gasteiger partial charge < -0.3 is 10.4 Å². The topological polar surface area (TPSA) is 49.3 Å². The average molecular weight is 131 g/mol. The lowest BCUT2D eigenvalue weighted by Crippen LogP contribution is -2.32. The summed E-state index contributed by atoms with van der Waals surface area (Å²) in [5.41, 5.74) is 0. The Morgan fingerprint density at radius 3 is 2.44 bits per heavy atom. The van der Waals surface area contributed by atoms with Gasteiger partial charge in [-0.3, -0.25) is 4.79 Å². The van der Waals surface area contributed by atoms with Crippen LogP contribution in [0, 0.1) is 0 Å². The number of aliphatic hydroxyl groups is 1. The number of carbonyl (C=O) groups excluding carboxylic acids is 1. The van der Waals surface area contributed by atoms with Gasteiger partial charge in [-0.25, -0.2) is 0 Å². The highest BCUT2D eigenvalue weighted by molar-refractivity contribution is 5.81. The molecule has 3 heteroatoms. The maximum Gasteiger partial charge on any atom is 0.146 e. The summed E-state index contributed by atoms with van der Waals surface area (Å²) < 4.78 is 0. The molecule has 0 aliphatic carbocycles. The summed E-state index contributed by atoms with van der Waals surface area (Å²) in [6.07, 6.45) is 0.506. The van der Waals surface area contributed by atoms with E-state index >= 15 is 0 Å². The highest BCUT2D eigenvalue weighted by atomic mass is 16.3. The summed E-state index contributed by atoms with van der Waals surface area (Å²) in [6, 6.07) is -0.171. The minimum atomic E-state index is -0.171. The van der Waals surface area contributed by atoms with Gasteiger partial charge in [0.05, 0.1) is 6.04 Å². The molecule has 0 spiro atoms. The average Bonchev–Trinajstić information content (AvgIpc) is 1.82. The van der Waals surface area contributed by atoms with E-state index in [0.29, 0.717) is 6.42 Å². The number of hydrogen-bond donors (Lipinski definition) is 2. The van der Waals surface area contributed by atoms with E-state index in [0.717, 1.165) is 0 Å². The molecule has 3 nitrogen and oxygen atoms in total. The van der Waals surface area contributed by atoms with Crippen LogP contribution >= 0.6 is 0 Å². The quantitative estimate of drug-likeness (QED) is 0.543. The van der Waals surface area contributed by atoms with Gasteiger partial charge >= 0.3 is 0 Å². The maximum absolute atomic E-state index is 10.6. The molecule has 0 amide bonds. The normalized spacial score (nSPS) is 13.2. The Labute approximate surface area is 55.1 Å². The highest BCUT2D eigenvalue weighted by Crippen LogP contribution is 1.89. The van der Waals surface area contributed by atoms with Gasteiger partial charge in [0.1, 0.15) is 5.78 Å². The molecule has 1 atom stereocenters. The van der Waals surface area contributed by atoms with Crippen molar-refractivity contribution in [3.63, 3.8) is 0 Å². The van der Waals surface area contributed by atoms with Crippen LogP contribution in [-0.2, 0) is 4.79 Å². The summed E-state index contributed by atoms with van der Waals surface area (Å²) in [6.45, 7) is 1.57. The van der Waals surface area contributed by atoms with E-state index in [-0.39, 0.29) is 18.4 Å². The minimum Gasteiger partial charge on any atom is -0.396 e. The molecular weight excluding hydrogens is 118 g/mol. The van der Waals surface area contributed by atoms with E-state index in [1.165, 1.54) is 6.92 Å². The largest absolute Gasteiger partial charge is 0.396 e. The molecule has 0 saturated carbocycles. The van der Waals surface area contributed by atoms with Crippen molar-refractivity contribution in [2.24, 2.45) is 0 Å². The Hall–Kier alpha value is -0.410. The second-order valence-electron chi connectivity index (χ2n) is 1.96. The lowest BCUT2D eigenvalue weighted by molar-refractivity contribution is -0.119.